The normalized spacial score (nSPS) is 22.8. The van der Waals surface area contributed by atoms with Crippen LogP contribution in [0.1, 0.15) is 44.7 Å². The first kappa shape index (κ1) is 18.2. The molecule has 2 unspecified atom stereocenters. The number of benzene rings is 1. The van der Waals surface area contributed by atoms with E-state index in [1.54, 1.807) is 0 Å². The maximum absolute atomic E-state index is 13.5. The number of carbonyl (C=O) groups is 1. The standard InChI is InChI=1S/C20H31N3O2/c1-3-16-15-21-11-14-23(16)19(20(24)22-12-7-8-13-22)17-9-5-6-10-18(17)25-4-2/h5-6,9-10,16,19,21H,3-4,7-8,11-15H2,1-2H3. The van der Waals surface area contributed by atoms with Crippen molar-refractivity contribution in [2.24, 2.45) is 0 Å². The van der Waals surface area contributed by atoms with Gasteiger partial charge in [-0.3, -0.25) is 9.69 Å². The molecule has 5 nitrogen and oxygen atoms in total. The van der Waals surface area contributed by atoms with E-state index in [0.717, 1.165) is 63.3 Å². The fourth-order valence-electron chi connectivity index (χ4n) is 4.05. The summed E-state index contributed by atoms with van der Waals surface area (Å²) in [5, 5.41) is 3.47. The second kappa shape index (κ2) is 8.68. The minimum absolute atomic E-state index is 0.241. The van der Waals surface area contributed by atoms with E-state index in [4.69, 9.17) is 4.74 Å². The summed E-state index contributed by atoms with van der Waals surface area (Å²) in [6.45, 7) is 9.34. The maximum atomic E-state index is 13.5. The van der Waals surface area contributed by atoms with Crippen molar-refractivity contribution >= 4 is 5.91 Å². The minimum Gasteiger partial charge on any atom is -0.494 e. The van der Waals surface area contributed by atoms with Gasteiger partial charge in [0.1, 0.15) is 11.8 Å². The van der Waals surface area contributed by atoms with Crippen LogP contribution >= 0.6 is 0 Å². The van der Waals surface area contributed by atoms with Crippen molar-refractivity contribution in [2.45, 2.75) is 45.2 Å². The topological polar surface area (TPSA) is 44.8 Å². The van der Waals surface area contributed by atoms with Gasteiger partial charge in [0.2, 0.25) is 5.91 Å². The Morgan fingerprint density at radius 1 is 1.24 bits per heavy atom. The van der Waals surface area contributed by atoms with Gasteiger partial charge in [0.25, 0.3) is 0 Å². The van der Waals surface area contributed by atoms with Crippen LogP contribution < -0.4 is 10.1 Å². The fourth-order valence-corrected chi connectivity index (χ4v) is 4.05. The number of carbonyl (C=O) groups excluding carboxylic acids is 1. The molecule has 1 aromatic rings. The predicted molar refractivity (Wildman–Crippen MR) is 99.8 cm³/mol. The third-order valence-corrected chi connectivity index (χ3v) is 5.36. The van der Waals surface area contributed by atoms with Gasteiger partial charge in [-0.25, -0.2) is 0 Å². The van der Waals surface area contributed by atoms with Gasteiger partial charge in [-0.1, -0.05) is 25.1 Å². The van der Waals surface area contributed by atoms with Crippen LogP contribution in [0.5, 0.6) is 5.75 Å². The minimum atomic E-state index is -0.243. The molecule has 2 heterocycles. The Balaban J connectivity index is 1.97. The quantitative estimate of drug-likeness (QED) is 0.860. The zero-order valence-electron chi connectivity index (χ0n) is 15.5. The first-order chi connectivity index (χ1) is 12.3. The van der Waals surface area contributed by atoms with Crippen molar-refractivity contribution in [3.8, 4) is 5.75 Å². The van der Waals surface area contributed by atoms with E-state index >= 15 is 0 Å². The number of ether oxygens (including phenoxy) is 1. The SMILES string of the molecule is CCOc1ccccc1C(C(=O)N1CCCC1)N1CCNCC1CC. The lowest BCUT2D eigenvalue weighted by atomic mass is 9.98. The Kier molecular flexibility index (Phi) is 6.32. The van der Waals surface area contributed by atoms with Gasteiger partial charge in [0.05, 0.1) is 6.61 Å². The second-order valence-electron chi connectivity index (χ2n) is 6.91. The van der Waals surface area contributed by atoms with Crippen molar-refractivity contribution < 1.29 is 9.53 Å². The highest BCUT2D eigenvalue weighted by atomic mass is 16.5. The van der Waals surface area contributed by atoms with Crippen LogP contribution in [-0.2, 0) is 4.79 Å². The zero-order chi connectivity index (χ0) is 17.6. The number of rotatable bonds is 6. The van der Waals surface area contributed by atoms with E-state index in [2.05, 4.69) is 23.2 Å². The number of likely N-dealkylation sites (tertiary alicyclic amines) is 1. The van der Waals surface area contributed by atoms with Crippen molar-refractivity contribution in [3.05, 3.63) is 29.8 Å². The molecule has 138 valence electrons. The highest BCUT2D eigenvalue weighted by Gasteiger charge is 2.38. The summed E-state index contributed by atoms with van der Waals surface area (Å²) in [4.78, 5) is 17.9. The van der Waals surface area contributed by atoms with Crippen LogP contribution in [0.4, 0.5) is 0 Å². The van der Waals surface area contributed by atoms with Crippen LogP contribution in [0.25, 0.3) is 0 Å². The second-order valence-corrected chi connectivity index (χ2v) is 6.91. The summed E-state index contributed by atoms with van der Waals surface area (Å²) in [6, 6.07) is 8.20. The van der Waals surface area contributed by atoms with Gasteiger partial charge in [-0.2, -0.15) is 0 Å². The summed E-state index contributed by atoms with van der Waals surface area (Å²) in [7, 11) is 0. The number of piperazine rings is 1. The third-order valence-electron chi connectivity index (χ3n) is 5.36. The van der Waals surface area contributed by atoms with E-state index in [1.807, 2.05) is 30.0 Å². The Labute approximate surface area is 151 Å². The third kappa shape index (κ3) is 3.98. The van der Waals surface area contributed by atoms with Crippen molar-refractivity contribution in [1.82, 2.24) is 15.1 Å². The van der Waals surface area contributed by atoms with E-state index in [0.29, 0.717) is 12.6 Å². The molecule has 1 N–H and O–H groups in total. The lowest BCUT2D eigenvalue weighted by Crippen LogP contribution is -2.55. The summed E-state index contributed by atoms with van der Waals surface area (Å²) in [5.41, 5.74) is 1.02. The molecule has 5 heteroatoms. The molecule has 0 aliphatic carbocycles. The van der Waals surface area contributed by atoms with E-state index in [1.165, 1.54) is 0 Å². The molecular weight excluding hydrogens is 314 g/mol. The number of nitrogens with zero attached hydrogens (tertiary/aromatic N) is 2. The largest absolute Gasteiger partial charge is 0.494 e. The number of hydrogen-bond donors (Lipinski definition) is 1. The van der Waals surface area contributed by atoms with Crippen molar-refractivity contribution in [3.63, 3.8) is 0 Å². The Hall–Kier alpha value is -1.59. The number of para-hydroxylation sites is 1. The van der Waals surface area contributed by atoms with Gasteiger partial charge >= 0.3 is 0 Å². The molecule has 0 bridgehead atoms. The van der Waals surface area contributed by atoms with Gasteiger partial charge in [-0.15, -0.1) is 0 Å². The van der Waals surface area contributed by atoms with Crippen LogP contribution in [0.3, 0.4) is 0 Å². The smallest absolute Gasteiger partial charge is 0.244 e. The Bertz CT molecular complexity index is 572. The molecule has 2 atom stereocenters. The summed E-state index contributed by atoms with van der Waals surface area (Å²) in [5.74, 6) is 1.08. The Morgan fingerprint density at radius 3 is 2.72 bits per heavy atom. The number of amides is 1. The summed E-state index contributed by atoms with van der Waals surface area (Å²) < 4.78 is 5.88. The van der Waals surface area contributed by atoms with Crippen molar-refractivity contribution in [2.75, 3.05) is 39.3 Å². The lowest BCUT2D eigenvalue weighted by molar-refractivity contribution is -0.137. The average molecular weight is 345 g/mol. The molecule has 2 aliphatic heterocycles. The molecular formula is C20H31N3O2. The summed E-state index contributed by atoms with van der Waals surface area (Å²) >= 11 is 0. The van der Waals surface area contributed by atoms with E-state index in [-0.39, 0.29) is 11.9 Å². The van der Waals surface area contributed by atoms with Crippen LogP contribution in [0.2, 0.25) is 0 Å². The Morgan fingerprint density at radius 2 is 2.00 bits per heavy atom. The molecule has 3 rings (SSSR count). The fraction of sp³-hybridized carbons (Fsp3) is 0.650. The molecule has 0 saturated carbocycles. The van der Waals surface area contributed by atoms with Crippen LogP contribution in [-0.4, -0.2) is 61.1 Å². The molecule has 1 amide bonds. The van der Waals surface area contributed by atoms with Crippen molar-refractivity contribution in [1.29, 1.82) is 0 Å². The number of nitrogens with one attached hydrogen (secondary N) is 1. The predicted octanol–water partition coefficient (Wildman–Crippen LogP) is 2.43. The van der Waals surface area contributed by atoms with Gasteiger partial charge in [0, 0.05) is 44.3 Å². The maximum Gasteiger partial charge on any atom is 0.244 e. The molecule has 2 fully saturated rings. The first-order valence-corrected chi connectivity index (χ1v) is 9.73. The van der Waals surface area contributed by atoms with Crippen LogP contribution in [0.15, 0.2) is 24.3 Å². The average Bonchev–Trinajstić information content (AvgIpc) is 3.18. The highest BCUT2D eigenvalue weighted by molar-refractivity contribution is 5.84. The van der Waals surface area contributed by atoms with Gasteiger partial charge in [0.15, 0.2) is 0 Å². The lowest BCUT2D eigenvalue weighted by Gasteiger charge is -2.42. The van der Waals surface area contributed by atoms with E-state index in [9.17, 15) is 4.79 Å². The molecule has 2 aliphatic rings. The van der Waals surface area contributed by atoms with Gasteiger partial charge < -0.3 is 15.0 Å². The zero-order valence-corrected chi connectivity index (χ0v) is 15.5. The van der Waals surface area contributed by atoms with E-state index < -0.39 is 0 Å². The van der Waals surface area contributed by atoms with Crippen LogP contribution in [0, 0.1) is 0 Å². The summed E-state index contributed by atoms with van der Waals surface area (Å²) in [6.07, 6.45) is 3.27. The molecule has 1 aromatic carbocycles. The first-order valence-electron chi connectivity index (χ1n) is 9.73. The molecule has 0 spiro atoms. The molecule has 2 saturated heterocycles. The molecule has 25 heavy (non-hydrogen) atoms. The van der Waals surface area contributed by atoms with Gasteiger partial charge in [-0.05, 0) is 32.3 Å². The number of hydrogen-bond acceptors (Lipinski definition) is 4. The molecule has 0 radical (unpaired) electrons. The highest BCUT2D eigenvalue weighted by Crippen LogP contribution is 2.34. The monoisotopic (exact) mass is 345 g/mol. The molecule has 0 aromatic heterocycles.